The van der Waals surface area contributed by atoms with Gasteiger partial charge in [0.05, 0.1) is 12.2 Å². The number of carbonyl (C=O) groups is 1. The minimum absolute atomic E-state index is 0.244. The number of hydrogen-bond acceptors (Lipinski definition) is 4. The molecule has 2 heterocycles. The Bertz CT molecular complexity index is 837. The van der Waals surface area contributed by atoms with Crippen LogP contribution in [0.2, 0.25) is 0 Å². The summed E-state index contributed by atoms with van der Waals surface area (Å²) in [6.07, 6.45) is -2.40. The molecule has 0 spiro atoms. The van der Waals surface area contributed by atoms with Crippen molar-refractivity contribution in [3.05, 3.63) is 48.0 Å². The molecule has 1 N–H and O–H groups in total. The smallest absolute Gasteiger partial charge is 0.475 e. The van der Waals surface area contributed by atoms with Crippen molar-refractivity contribution in [1.82, 2.24) is 4.90 Å². The molecule has 29 heavy (non-hydrogen) atoms. The van der Waals surface area contributed by atoms with Crippen LogP contribution in [0.5, 0.6) is 0 Å². The van der Waals surface area contributed by atoms with E-state index in [0.29, 0.717) is 6.04 Å². The SMILES string of the molecule is CO[C@H]1CCN(Cc2cccc3ccccc23)[C@H]2CCO[C@H]12.O=C(O)C(F)(F)F. The van der Waals surface area contributed by atoms with E-state index in [-0.39, 0.29) is 12.2 Å². The number of rotatable bonds is 3. The molecule has 0 amide bonds. The van der Waals surface area contributed by atoms with Crippen molar-refractivity contribution < 1.29 is 32.5 Å². The van der Waals surface area contributed by atoms with E-state index in [1.54, 1.807) is 0 Å². The summed E-state index contributed by atoms with van der Waals surface area (Å²) in [6, 6.07) is 15.8. The lowest BCUT2D eigenvalue weighted by Crippen LogP contribution is -2.52. The summed E-state index contributed by atoms with van der Waals surface area (Å²) >= 11 is 0. The molecular weight excluding hydrogens is 387 g/mol. The molecule has 0 aromatic heterocycles. The zero-order valence-electron chi connectivity index (χ0n) is 16.1. The number of likely N-dealkylation sites (tertiary alicyclic amines) is 1. The Labute approximate surface area is 167 Å². The van der Waals surface area contributed by atoms with Gasteiger partial charge in [-0.2, -0.15) is 13.2 Å². The molecule has 2 saturated heterocycles. The fourth-order valence-corrected chi connectivity index (χ4v) is 4.07. The van der Waals surface area contributed by atoms with E-state index in [1.807, 2.05) is 7.11 Å². The maximum atomic E-state index is 10.6. The average molecular weight is 411 g/mol. The Kier molecular flexibility index (Phi) is 6.77. The molecule has 0 aliphatic carbocycles. The highest BCUT2D eigenvalue weighted by atomic mass is 19.4. The van der Waals surface area contributed by atoms with Crippen molar-refractivity contribution in [2.45, 2.75) is 43.8 Å². The van der Waals surface area contributed by atoms with E-state index < -0.39 is 12.1 Å². The molecule has 2 aromatic carbocycles. The molecule has 0 bridgehead atoms. The highest BCUT2D eigenvalue weighted by Gasteiger charge is 2.42. The first-order valence-corrected chi connectivity index (χ1v) is 9.46. The summed E-state index contributed by atoms with van der Waals surface area (Å²) in [6.45, 7) is 2.95. The molecule has 0 radical (unpaired) electrons. The third-order valence-electron chi connectivity index (χ3n) is 5.44. The Morgan fingerprint density at radius 3 is 2.59 bits per heavy atom. The summed E-state index contributed by atoms with van der Waals surface area (Å²) in [7, 11) is 1.81. The van der Waals surface area contributed by atoms with Crippen molar-refractivity contribution in [2.75, 3.05) is 20.3 Å². The third-order valence-corrected chi connectivity index (χ3v) is 5.44. The van der Waals surface area contributed by atoms with Crippen LogP contribution in [0, 0.1) is 0 Å². The van der Waals surface area contributed by atoms with Gasteiger partial charge in [-0.15, -0.1) is 0 Å². The van der Waals surface area contributed by atoms with Gasteiger partial charge in [-0.1, -0.05) is 42.5 Å². The van der Waals surface area contributed by atoms with Gasteiger partial charge in [-0.25, -0.2) is 4.79 Å². The van der Waals surface area contributed by atoms with Gasteiger partial charge in [-0.05, 0) is 29.2 Å². The summed E-state index contributed by atoms with van der Waals surface area (Å²) < 4.78 is 43.3. The molecule has 3 atom stereocenters. The van der Waals surface area contributed by atoms with Crippen LogP contribution in [0.4, 0.5) is 13.2 Å². The quantitative estimate of drug-likeness (QED) is 0.832. The second-order valence-electron chi connectivity index (χ2n) is 7.17. The molecule has 0 saturated carbocycles. The molecule has 0 unspecified atom stereocenters. The van der Waals surface area contributed by atoms with Crippen molar-refractivity contribution in [2.24, 2.45) is 0 Å². The second-order valence-corrected chi connectivity index (χ2v) is 7.17. The molecular formula is C21H24F3NO4. The number of piperidine rings is 1. The van der Waals surface area contributed by atoms with Crippen LogP contribution >= 0.6 is 0 Å². The Hall–Kier alpha value is -2.16. The summed E-state index contributed by atoms with van der Waals surface area (Å²) in [5.74, 6) is -2.76. The third kappa shape index (κ3) is 5.07. The summed E-state index contributed by atoms with van der Waals surface area (Å²) in [5, 5.41) is 9.82. The monoisotopic (exact) mass is 411 g/mol. The van der Waals surface area contributed by atoms with Gasteiger partial charge in [0.25, 0.3) is 0 Å². The number of alkyl halides is 3. The fourth-order valence-electron chi connectivity index (χ4n) is 4.07. The number of aliphatic carboxylic acids is 1. The first-order valence-electron chi connectivity index (χ1n) is 9.46. The van der Waals surface area contributed by atoms with Gasteiger partial charge in [0.15, 0.2) is 0 Å². The van der Waals surface area contributed by atoms with Crippen molar-refractivity contribution in [3.63, 3.8) is 0 Å². The fraction of sp³-hybridized carbons (Fsp3) is 0.476. The molecule has 2 fully saturated rings. The molecule has 4 rings (SSSR count). The van der Waals surface area contributed by atoms with Crippen molar-refractivity contribution in [3.8, 4) is 0 Å². The normalized spacial score (nSPS) is 24.6. The number of nitrogens with zero attached hydrogens (tertiary/aromatic N) is 1. The number of carboxylic acids is 1. The van der Waals surface area contributed by atoms with Gasteiger partial charge in [-0.3, -0.25) is 4.90 Å². The molecule has 2 aromatic rings. The predicted octanol–water partition coefficient (Wildman–Crippen LogP) is 3.85. The van der Waals surface area contributed by atoms with Gasteiger partial charge < -0.3 is 14.6 Å². The van der Waals surface area contributed by atoms with Crippen LogP contribution in [0.1, 0.15) is 18.4 Å². The van der Waals surface area contributed by atoms with E-state index in [1.165, 1.54) is 16.3 Å². The number of ether oxygens (including phenoxy) is 2. The van der Waals surface area contributed by atoms with Crippen LogP contribution in [-0.2, 0) is 20.8 Å². The number of halogens is 3. The first-order chi connectivity index (χ1) is 13.8. The minimum Gasteiger partial charge on any atom is -0.475 e. The van der Waals surface area contributed by atoms with Crippen LogP contribution in [0.3, 0.4) is 0 Å². The second kappa shape index (κ2) is 9.11. The van der Waals surface area contributed by atoms with E-state index >= 15 is 0 Å². The topological polar surface area (TPSA) is 59.0 Å². The molecule has 8 heteroatoms. The van der Waals surface area contributed by atoms with Crippen LogP contribution in [0.25, 0.3) is 10.8 Å². The number of fused-ring (bicyclic) bond motifs is 2. The van der Waals surface area contributed by atoms with Gasteiger partial charge in [0.1, 0.15) is 0 Å². The highest BCUT2D eigenvalue weighted by molar-refractivity contribution is 5.85. The van der Waals surface area contributed by atoms with E-state index in [9.17, 15) is 13.2 Å². The Balaban J connectivity index is 0.000000298. The van der Waals surface area contributed by atoms with Crippen LogP contribution in [-0.4, -0.2) is 60.7 Å². The maximum absolute atomic E-state index is 10.6. The van der Waals surface area contributed by atoms with Gasteiger partial charge in [0, 0.05) is 32.8 Å². The predicted molar refractivity (Wildman–Crippen MR) is 102 cm³/mol. The molecule has 158 valence electrons. The number of benzene rings is 2. The Morgan fingerprint density at radius 2 is 1.90 bits per heavy atom. The number of hydrogen-bond donors (Lipinski definition) is 1. The van der Waals surface area contributed by atoms with E-state index in [4.69, 9.17) is 19.4 Å². The molecule has 2 aliphatic heterocycles. The zero-order valence-corrected chi connectivity index (χ0v) is 16.1. The molecule has 5 nitrogen and oxygen atoms in total. The minimum atomic E-state index is -5.08. The van der Waals surface area contributed by atoms with Crippen molar-refractivity contribution in [1.29, 1.82) is 0 Å². The number of carboxylic acid groups (broad SMARTS) is 1. The lowest BCUT2D eigenvalue weighted by Gasteiger charge is -2.40. The average Bonchev–Trinajstić information content (AvgIpc) is 3.19. The van der Waals surface area contributed by atoms with Gasteiger partial charge in [0.2, 0.25) is 0 Å². The van der Waals surface area contributed by atoms with E-state index in [0.717, 1.165) is 32.5 Å². The van der Waals surface area contributed by atoms with Gasteiger partial charge >= 0.3 is 12.1 Å². The van der Waals surface area contributed by atoms with E-state index in [2.05, 4.69) is 47.4 Å². The van der Waals surface area contributed by atoms with Crippen molar-refractivity contribution >= 4 is 16.7 Å². The lowest BCUT2D eigenvalue weighted by molar-refractivity contribution is -0.192. The standard InChI is InChI=1S/C19H23NO2.C2HF3O2/c1-21-18-9-11-20(17-10-12-22-19(17)18)13-15-7-4-6-14-5-2-3-8-16(14)15;3-2(4,5)1(6)7/h2-8,17-19H,9-13H2,1H3;(H,6,7)/t17-,18-,19-;/m0./s1. The summed E-state index contributed by atoms with van der Waals surface area (Å²) in [4.78, 5) is 11.5. The lowest BCUT2D eigenvalue weighted by atomic mass is 9.94. The molecule has 2 aliphatic rings. The van der Waals surface area contributed by atoms with Crippen LogP contribution < -0.4 is 0 Å². The maximum Gasteiger partial charge on any atom is 0.490 e. The highest BCUT2D eigenvalue weighted by Crippen LogP contribution is 2.32. The zero-order chi connectivity index (χ0) is 21.0. The van der Waals surface area contributed by atoms with Crippen LogP contribution in [0.15, 0.2) is 42.5 Å². The Morgan fingerprint density at radius 1 is 1.21 bits per heavy atom. The largest absolute Gasteiger partial charge is 0.490 e. The first kappa shape index (κ1) is 21.5. The summed E-state index contributed by atoms with van der Waals surface area (Å²) in [5.41, 5.74) is 1.42. The number of methoxy groups -OCH3 is 1.